The first-order valence-electron chi connectivity index (χ1n) is 6.99. The van der Waals surface area contributed by atoms with E-state index in [1.165, 1.54) is 0 Å². The average Bonchev–Trinajstić information content (AvgIpc) is 2.42. The smallest absolute Gasteiger partial charge is 0.229 e. The second-order valence-electron chi connectivity index (χ2n) is 5.34. The molecule has 1 heterocycles. The number of ether oxygens (including phenoxy) is 1. The molecule has 1 atom stereocenters. The van der Waals surface area contributed by atoms with Crippen LogP contribution >= 0.6 is 11.6 Å². The zero-order chi connectivity index (χ0) is 15.4. The van der Waals surface area contributed by atoms with Gasteiger partial charge in [-0.15, -0.1) is 0 Å². The zero-order valence-corrected chi connectivity index (χ0v) is 12.9. The van der Waals surface area contributed by atoms with Crippen LogP contribution in [-0.2, 0) is 9.59 Å². The molecule has 1 aromatic rings. The van der Waals surface area contributed by atoms with Gasteiger partial charge in [-0.3, -0.25) is 9.59 Å². The minimum atomic E-state index is -0.201. The predicted molar refractivity (Wildman–Crippen MR) is 81.6 cm³/mol. The predicted octanol–water partition coefficient (Wildman–Crippen LogP) is 2.59. The van der Waals surface area contributed by atoms with Crippen molar-refractivity contribution >= 4 is 29.1 Å². The monoisotopic (exact) mass is 310 g/mol. The molecule has 21 heavy (non-hydrogen) atoms. The second-order valence-corrected chi connectivity index (χ2v) is 5.75. The Kier molecular flexibility index (Phi) is 5.07. The Balaban J connectivity index is 1.98. The van der Waals surface area contributed by atoms with Gasteiger partial charge in [-0.25, -0.2) is 0 Å². The van der Waals surface area contributed by atoms with Crippen LogP contribution in [0.2, 0.25) is 5.02 Å². The van der Waals surface area contributed by atoms with E-state index in [1.807, 2.05) is 13.8 Å². The molecule has 1 aliphatic rings. The van der Waals surface area contributed by atoms with Crippen LogP contribution in [0.3, 0.4) is 0 Å². The van der Waals surface area contributed by atoms with Crippen LogP contribution in [0.5, 0.6) is 5.75 Å². The molecular weight excluding hydrogens is 292 g/mol. The van der Waals surface area contributed by atoms with Gasteiger partial charge in [0.15, 0.2) is 0 Å². The van der Waals surface area contributed by atoms with E-state index < -0.39 is 0 Å². The lowest BCUT2D eigenvalue weighted by Gasteiger charge is -2.21. The summed E-state index contributed by atoms with van der Waals surface area (Å²) in [6.45, 7) is 4.22. The molecule has 2 N–H and O–H groups in total. The van der Waals surface area contributed by atoms with Crippen molar-refractivity contribution in [3.05, 3.63) is 23.2 Å². The van der Waals surface area contributed by atoms with Crippen LogP contribution < -0.4 is 15.4 Å². The molecule has 1 fully saturated rings. The summed E-state index contributed by atoms with van der Waals surface area (Å²) in [4.78, 5) is 23.2. The SMILES string of the molecule is CC(C)Oc1ccc(NC(=O)C2CCC(=O)NC2)cc1Cl. The van der Waals surface area contributed by atoms with Gasteiger partial charge in [0.1, 0.15) is 5.75 Å². The maximum Gasteiger partial charge on any atom is 0.229 e. The highest BCUT2D eigenvalue weighted by Gasteiger charge is 2.24. The molecule has 0 bridgehead atoms. The lowest BCUT2D eigenvalue weighted by Crippen LogP contribution is -2.40. The third-order valence-corrected chi connectivity index (χ3v) is 3.49. The van der Waals surface area contributed by atoms with Gasteiger partial charge in [-0.05, 0) is 38.5 Å². The van der Waals surface area contributed by atoms with E-state index in [2.05, 4.69) is 10.6 Å². The first-order chi connectivity index (χ1) is 9.95. The maximum atomic E-state index is 12.1. The molecule has 0 saturated carbocycles. The van der Waals surface area contributed by atoms with Gasteiger partial charge < -0.3 is 15.4 Å². The highest BCUT2D eigenvalue weighted by atomic mass is 35.5. The van der Waals surface area contributed by atoms with Gasteiger partial charge in [0, 0.05) is 18.7 Å². The van der Waals surface area contributed by atoms with Crippen LogP contribution in [0.1, 0.15) is 26.7 Å². The van der Waals surface area contributed by atoms with Crippen LogP contribution in [-0.4, -0.2) is 24.5 Å². The Morgan fingerprint density at radius 1 is 1.48 bits per heavy atom. The first-order valence-corrected chi connectivity index (χ1v) is 7.37. The Morgan fingerprint density at radius 3 is 2.81 bits per heavy atom. The molecule has 0 spiro atoms. The summed E-state index contributed by atoms with van der Waals surface area (Å²) in [7, 11) is 0. The fraction of sp³-hybridized carbons (Fsp3) is 0.467. The van der Waals surface area contributed by atoms with Crippen molar-refractivity contribution in [1.29, 1.82) is 0 Å². The van der Waals surface area contributed by atoms with E-state index in [-0.39, 0.29) is 23.8 Å². The number of piperidine rings is 1. The zero-order valence-electron chi connectivity index (χ0n) is 12.1. The molecule has 5 nitrogen and oxygen atoms in total. The summed E-state index contributed by atoms with van der Waals surface area (Å²) < 4.78 is 5.54. The Labute approximate surface area is 129 Å². The summed E-state index contributed by atoms with van der Waals surface area (Å²) in [6, 6.07) is 5.15. The minimum Gasteiger partial charge on any atom is -0.489 e. The number of anilines is 1. The highest BCUT2D eigenvalue weighted by molar-refractivity contribution is 6.32. The summed E-state index contributed by atoms with van der Waals surface area (Å²) in [6.07, 6.45) is 0.994. The minimum absolute atomic E-state index is 0.00252. The molecule has 1 aliphatic heterocycles. The fourth-order valence-corrected chi connectivity index (χ4v) is 2.35. The van der Waals surface area contributed by atoms with E-state index in [0.717, 1.165) is 0 Å². The van der Waals surface area contributed by atoms with Crippen LogP contribution in [0, 0.1) is 5.92 Å². The molecule has 6 heteroatoms. The number of carbonyl (C=O) groups excluding carboxylic acids is 2. The van der Waals surface area contributed by atoms with E-state index in [4.69, 9.17) is 16.3 Å². The van der Waals surface area contributed by atoms with Gasteiger partial charge in [-0.1, -0.05) is 11.6 Å². The Morgan fingerprint density at radius 2 is 2.24 bits per heavy atom. The van der Waals surface area contributed by atoms with Gasteiger partial charge in [0.2, 0.25) is 11.8 Å². The number of hydrogen-bond acceptors (Lipinski definition) is 3. The van der Waals surface area contributed by atoms with Crippen molar-refractivity contribution < 1.29 is 14.3 Å². The standard InChI is InChI=1S/C15H19ClN2O3/c1-9(2)21-13-5-4-11(7-12(13)16)18-15(20)10-3-6-14(19)17-8-10/h4-5,7,9-10H,3,6,8H2,1-2H3,(H,17,19)(H,18,20). The van der Waals surface area contributed by atoms with Crippen LogP contribution in [0.4, 0.5) is 5.69 Å². The largest absolute Gasteiger partial charge is 0.489 e. The first kappa shape index (κ1) is 15.6. The van der Waals surface area contributed by atoms with Gasteiger partial charge >= 0.3 is 0 Å². The molecule has 0 radical (unpaired) electrons. The van der Waals surface area contributed by atoms with Crippen molar-refractivity contribution in [2.75, 3.05) is 11.9 Å². The topological polar surface area (TPSA) is 67.4 Å². The number of benzene rings is 1. The molecule has 0 aromatic heterocycles. The number of amides is 2. The summed E-state index contributed by atoms with van der Waals surface area (Å²) in [5.74, 6) is 0.281. The lowest BCUT2D eigenvalue weighted by molar-refractivity contribution is -0.126. The average molecular weight is 311 g/mol. The molecule has 1 saturated heterocycles. The highest BCUT2D eigenvalue weighted by Crippen LogP contribution is 2.28. The molecular formula is C15H19ClN2O3. The second kappa shape index (κ2) is 6.80. The third kappa shape index (κ3) is 4.36. The molecule has 1 unspecified atom stereocenters. The molecule has 0 aliphatic carbocycles. The van der Waals surface area contributed by atoms with Gasteiger partial charge in [0.25, 0.3) is 0 Å². The van der Waals surface area contributed by atoms with Crippen molar-refractivity contribution in [2.45, 2.75) is 32.8 Å². The number of halogens is 1. The maximum absolute atomic E-state index is 12.1. The number of nitrogens with one attached hydrogen (secondary N) is 2. The Hall–Kier alpha value is -1.75. The van der Waals surface area contributed by atoms with E-state index in [9.17, 15) is 9.59 Å². The van der Waals surface area contributed by atoms with E-state index in [0.29, 0.717) is 35.8 Å². The number of hydrogen-bond donors (Lipinski definition) is 2. The molecule has 1 aromatic carbocycles. The fourth-order valence-electron chi connectivity index (χ4n) is 2.13. The van der Waals surface area contributed by atoms with Crippen molar-refractivity contribution in [3.8, 4) is 5.75 Å². The van der Waals surface area contributed by atoms with Gasteiger partial charge in [-0.2, -0.15) is 0 Å². The summed E-state index contributed by atoms with van der Waals surface area (Å²) in [5, 5.41) is 5.97. The normalized spacial score (nSPS) is 18.3. The Bertz CT molecular complexity index is 536. The van der Waals surface area contributed by atoms with Crippen LogP contribution in [0.25, 0.3) is 0 Å². The number of rotatable bonds is 4. The molecule has 114 valence electrons. The summed E-state index contributed by atoms with van der Waals surface area (Å²) in [5.41, 5.74) is 0.623. The van der Waals surface area contributed by atoms with E-state index in [1.54, 1.807) is 18.2 Å². The molecule has 2 amide bonds. The lowest BCUT2D eigenvalue weighted by atomic mass is 9.98. The summed E-state index contributed by atoms with van der Waals surface area (Å²) >= 11 is 6.13. The van der Waals surface area contributed by atoms with E-state index >= 15 is 0 Å². The van der Waals surface area contributed by atoms with Gasteiger partial charge in [0.05, 0.1) is 17.0 Å². The van der Waals surface area contributed by atoms with Crippen LogP contribution in [0.15, 0.2) is 18.2 Å². The van der Waals surface area contributed by atoms with Crippen molar-refractivity contribution in [3.63, 3.8) is 0 Å². The van der Waals surface area contributed by atoms with Crippen molar-refractivity contribution in [2.24, 2.45) is 5.92 Å². The number of carbonyl (C=O) groups is 2. The molecule has 2 rings (SSSR count). The third-order valence-electron chi connectivity index (χ3n) is 3.20. The quantitative estimate of drug-likeness (QED) is 0.898. The van der Waals surface area contributed by atoms with Crippen molar-refractivity contribution in [1.82, 2.24) is 5.32 Å².